The molecule has 0 saturated heterocycles. The van der Waals surface area contributed by atoms with Gasteiger partial charge in [0, 0.05) is 12.1 Å². The van der Waals surface area contributed by atoms with Gasteiger partial charge in [-0.3, -0.25) is 9.78 Å². The molecule has 1 heterocycles. The Labute approximate surface area is 109 Å². The van der Waals surface area contributed by atoms with Crippen LogP contribution in [0.3, 0.4) is 0 Å². The zero-order chi connectivity index (χ0) is 13.2. The van der Waals surface area contributed by atoms with Crippen LogP contribution in [0.5, 0.6) is 0 Å². The number of unbranched alkanes of at least 4 members (excludes halogenated alkanes) is 3. The lowest BCUT2D eigenvalue weighted by Gasteiger charge is -2.05. The van der Waals surface area contributed by atoms with Gasteiger partial charge in [0.2, 0.25) is 5.91 Å². The number of aryl methyl sites for hydroxylation is 1. The minimum Gasteiger partial charge on any atom is -0.350 e. The van der Waals surface area contributed by atoms with E-state index in [9.17, 15) is 4.79 Å². The van der Waals surface area contributed by atoms with Crippen molar-refractivity contribution in [2.75, 3.05) is 6.54 Å². The minimum absolute atomic E-state index is 0.103. The van der Waals surface area contributed by atoms with E-state index in [1.165, 1.54) is 0 Å². The second-order valence-corrected chi connectivity index (χ2v) is 4.50. The van der Waals surface area contributed by atoms with Crippen LogP contribution in [0.2, 0.25) is 0 Å². The fraction of sp³-hybridized carbons (Fsp3) is 0.571. The Morgan fingerprint density at radius 3 is 2.78 bits per heavy atom. The number of hydrogen-bond donors (Lipinski definition) is 2. The number of hydrogen-bond acceptors (Lipinski definition) is 3. The Kier molecular flexibility index (Phi) is 7.03. The maximum atomic E-state index is 11.6. The number of carbonyl (C=O) groups excluding carboxylic acids is 1. The summed E-state index contributed by atoms with van der Waals surface area (Å²) in [5, 5.41) is 2.89. The predicted molar refractivity (Wildman–Crippen MR) is 73.0 cm³/mol. The highest BCUT2D eigenvalue weighted by Crippen LogP contribution is 2.02. The highest BCUT2D eigenvalue weighted by Gasteiger charge is 2.01. The summed E-state index contributed by atoms with van der Waals surface area (Å²) in [5.74, 6) is 0.103. The van der Waals surface area contributed by atoms with Crippen LogP contribution in [0.25, 0.3) is 0 Å². The number of nitrogens with one attached hydrogen (secondary N) is 1. The van der Waals surface area contributed by atoms with Gasteiger partial charge < -0.3 is 11.1 Å². The number of carbonyl (C=O) groups is 1. The van der Waals surface area contributed by atoms with Crippen LogP contribution in [0.4, 0.5) is 0 Å². The molecule has 1 rings (SSSR count). The molecule has 0 aliphatic carbocycles. The quantitative estimate of drug-likeness (QED) is 0.692. The fourth-order valence-corrected chi connectivity index (χ4v) is 1.76. The summed E-state index contributed by atoms with van der Waals surface area (Å²) >= 11 is 0. The Balaban J connectivity index is 2.13. The minimum atomic E-state index is 0.103. The Hall–Kier alpha value is -1.42. The predicted octanol–water partition coefficient (Wildman–Crippen LogP) is 1.92. The van der Waals surface area contributed by atoms with E-state index in [1.807, 2.05) is 25.1 Å². The van der Waals surface area contributed by atoms with E-state index in [1.54, 1.807) is 0 Å². The molecule has 0 radical (unpaired) electrons. The average Bonchev–Trinajstić information content (AvgIpc) is 2.36. The molecule has 0 aliphatic heterocycles. The summed E-state index contributed by atoms with van der Waals surface area (Å²) in [7, 11) is 0. The van der Waals surface area contributed by atoms with Crippen molar-refractivity contribution in [1.29, 1.82) is 0 Å². The van der Waals surface area contributed by atoms with Gasteiger partial charge in [0.05, 0.1) is 12.2 Å². The Bertz CT molecular complexity index is 366. The van der Waals surface area contributed by atoms with Crippen molar-refractivity contribution < 1.29 is 4.79 Å². The molecule has 4 heteroatoms. The number of aromatic nitrogens is 1. The second kappa shape index (κ2) is 8.64. The standard InChI is InChI=1S/C14H23N3O/c1-12-7-6-8-13(17-12)11-16-14(18)9-4-2-3-5-10-15/h6-8H,2-5,9-11,15H2,1H3,(H,16,18). The molecule has 0 bridgehead atoms. The van der Waals surface area contributed by atoms with Gasteiger partial charge in [-0.2, -0.15) is 0 Å². The molecule has 100 valence electrons. The molecule has 0 aliphatic rings. The van der Waals surface area contributed by atoms with E-state index in [0.29, 0.717) is 13.0 Å². The third kappa shape index (κ3) is 6.35. The first kappa shape index (κ1) is 14.6. The van der Waals surface area contributed by atoms with Crippen molar-refractivity contribution in [3.63, 3.8) is 0 Å². The smallest absolute Gasteiger partial charge is 0.220 e. The molecule has 0 saturated carbocycles. The van der Waals surface area contributed by atoms with Gasteiger partial charge in [-0.25, -0.2) is 0 Å². The van der Waals surface area contributed by atoms with Gasteiger partial charge in [-0.15, -0.1) is 0 Å². The lowest BCUT2D eigenvalue weighted by atomic mass is 10.1. The van der Waals surface area contributed by atoms with E-state index in [0.717, 1.165) is 43.6 Å². The maximum absolute atomic E-state index is 11.6. The largest absolute Gasteiger partial charge is 0.350 e. The van der Waals surface area contributed by atoms with Gasteiger partial charge >= 0.3 is 0 Å². The molecule has 0 unspecified atom stereocenters. The molecule has 0 aromatic carbocycles. The van der Waals surface area contributed by atoms with Crippen molar-refractivity contribution >= 4 is 5.91 Å². The summed E-state index contributed by atoms with van der Waals surface area (Å²) in [4.78, 5) is 15.9. The number of amides is 1. The maximum Gasteiger partial charge on any atom is 0.220 e. The van der Waals surface area contributed by atoms with Crippen LogP contribution in [0.15, 0.2) is 18.2 Å². The van der Waals surface area contributed by atoms with E-state index >= 15 is 0 Å². The molecular weight excluding hydrogens is 226 g/mol. The second-order valence-electron chi connectivity index (χ2n) is 4.50. The summed E-state index contributed by atoms with van der Waals surface area (Å²) in [6, 6.07) is 5.83. The molecule has 18 heavy (non-hydrogen) atoms. The van der Waals surface area contributed by atoms with Gasteiger partial charge in [-0.05, 0) is 38.4 Å². The summed E-state index contributed by atoms with van der Waals surface area (Å²) in [5.41, 5.74) is 7.29. The zero-order valence-electron chi connectivity index (χ0n) is 11.1. The summed E-state index contributed by atoms with van der Waals surface area (Å²) < 4.78 is 0. The van der Waals surface area contributed by atoms with Gasteiger partial charge in [-0.1, -0.05) is 18.9 Å². The Morgan fingerprint density at radius 1 is 1.28 bits per heavy atom. The van der Waals surface area contributed by atoms with Crippen LogP contribution in [0.1, 0.15) is 43.5 Å². The Morgan fingerprint density at radius 2 is 2.06 bits per heavy atom. The molecule has 4 nitrogen and oxygen atoms in total. The lowest BCUT2D eigenvalue weighted by molar-refractivity contribution is -0.121. The van der Waals surface area contributed by atoms with Crippen molar-refractivity contribution in [1.82, 2.24) is 10.3 Å². The lowest BCUT2D eigenvalue weighted by Crippen LogP contribution is -2.22. The van der Waals surface area contributed by atoms with E-state index in [-0.39, 0.29) is 5.91 Å². The summed E-state index contributed by atoms with van der Waals surface area (Å²) in [6.07, 6.45) is 4.77. The normalized spacial score (nSPS) is 10.3. The average molecular weight is 249 g/mol. The molecule has 3 N–H and O–H groups in total. The molecule has 1 aromatic rings. The van der Waals surface area contributed by atoms with E-state index < -0.39 is 0 Å². The molecular formula is C14H23N3O. The van der Waals surface area contributed by atoms with Crippen molar-refractivity contribution in [2.45, 2.75) is 45.6 Å². The van der Waals surface area contributed by atoms with Gasteiger partial charge in [0.25, 0.3) is 0 Å². The highest BCUT2D eigenvalue weighted by molar-refractivity contribution is 5.75. The van der Waals surface area contributed by atoms with E-state index in [4.69, 9.17) is 5.73 Å². The molecule has 0 spiro atoms. The third-order valence-electron chi connectivity index (χ3n) is 2.77. The number of nitrogens with two attached hydrogens (primary N) is 1. The SMILES string of the molecule is Cc1cccc(CNC(=O)CCCCCCN)n1. The fourth-order valence-electron chi connectivity index (χ4n) is 1.76. The van der Waals surface area contributed by atoms with Crippen molar-refractivity contribution in [3.8, 4) is 0 Å². The van der Waals surface area contributed by atoms with Crippen molar-refractivity contribution in [2.24, 2.45) is 5.73 Å². The molecule has 1 aromatic heterocycles. The van der Waals surface area contributed by atoms with Crippen LogP contribution in [0, 0.1) is 6.92 Å². The van der Waals surface area contributed by atoms with Crippen LogP contribution in [-0.4, -0.2) is 17.4 Å². The van der Waals surface area contributed by atoms with Gasteiger partial charge in [0.1, 0.15) is 0 Å². The zero-order valence-corrected chi connectivity index (χ0v) is 11.1. The van der Waals surface area contributed by atoms with Gasteiger partial charge in [0.15, 0.2) is 0 Å². The number of rotatable bonds is 8. The number of pyridine rings is 1. The molecule has 0 atom stereocenters. The van der Waals surface area contributed by atoms with E-state index in [2.05, 4.69) is 10.3 Å². The van der Waals surface area contributed by atoms with Crippen LogP contribution < -0.4 is 11.1 Å². The van der Waals surface area contributed by atoms with Crippen molar-refractivity contribution in [3.05, 3.63) is 29.6 Å². The monoisotopic (exact) mass is 249 g/mol. The van der Waals surface area contributed by atoms with Crippen LogP contribution >= 0.6 is 0 Å². The molecule has 0 fully saturated rings. The third-order valence-corrected chi connectivity index (χ3v) is 2.77. The highest BCUT2D eigenvalue weighted by atomic mass is 16.1. The first-order valence-corrected chi connectivity index (χ1v) is 6.61. The topological polar surface area (TPSA) is 68.0 Å². The van der Waals surface area contributed by atoms with Crippen LogP contribution in [-0.2, 0) is 11.3 Å². The number of nitrogens with zero attached hydrogens (tertiary/aromatic N) is 1. The first-order chi connectivity index (χ1) is 8.72. The molecule has 1 amide bonds. The summed E-state index contributed by atoms with van der Waals surface area (Å²) in [6.45, 7) is 3.21. The first-order valence-electron chi connectivity index (χ1n) is 6.61.